The maximum atomic E-state index is 5.45. The SMILES string of the molecule is CCNC(C)c1ccc(N(CC)Cc2ccco2)c(Br)c1. The first kappa shape index (κ1) is 16.1. The number of nitrogens with zero attached hydrogens (tertiary/aromatic N) is 1. The van der Waals surface area contributed by atoms with Crippen molar-refractivity contribution < 1.29 is 4.42 Å². The first-order valence-corrected chi connectivity index (χ1v) is 8.25. The van der Waals surface area contributed by atoms with E-state index in [0.29, 0.717) is 6.04 Å². The molecule has 1 atom stereocenters. The fourth-order valence-electron chi connectivity index (χ4n) is 2.43. The molecule has 0 aliphatic heterocycles. The summed E-state index contributed by atoms with van der Waals surface area (Å²) >= 11 is 3.71. The molecule has 0 saturated carbocycles. The topological polar surface area (TPSA) is 28.4 Å². The van der Waals surface area contributed by atoms with Crippen LogP contribution in [0.4, 0.5) is 5.69 Å². The van der Waals surface area contributed by atoms with Gasteiger partial charge < -0.3 is 14.6 Å². The molecule has 2 aromatic rings. The Morgan fingerprint density at radius 1 is 1.29 bits per heavy atom. The molecule has 1 aromatic heterocycles. The second-order valence-corrected chi connectivity index (χ2v) is 5.94. The van der Waals surface area contributed by atoms with Crippen LogP contribution in [0.3, 0.4) is 0 Å². The number of nitrogens with one attached hydrogen (secondary N) is 1. The van der Waals surface area contributed by atoms with Crippen molar-refractivity contribution in [1.82, 2.24) is 5.32 Å². The van der Waals surface area contributed by atoms with E-state index in [0.717, 1.165) is 29.9 Å². The largest absolute Gasteiger partial charge is 0.467 e. The normalized spacial score (nSPS) is 12.4. The van der Waals surface area contributed by atoms with Crippen LogP contribution in [0.1, 0.15) is 38.1 Å². The molecule has 0 radical (unpaired) electrons. The van der Waals surface area contributed by atoms with Crippen molar-refractivity contribution in [1.29, 1.82) is 0 Å². The van der Waals surface area contributed by atoms with Crippen LogP contribution in [-0.4, -0.2) is 13.1 Å². The molecule has 3 nitrogen and oxygen atoms in total. The standard InChI is InChI=1S/C17H23BrN2O/c1-4-19-13(3)14-8-9-17(16(18)11-14)20(5-2)12-15-7-6-10-21-15/h6-11,13,19H,4-5,12H2,1-3H3. The smallest absolute Gasteiger partial charge is 0.123 e. The zero-order valence-corrected chi connectivity index (χ0v) is 14.5. The highest BCUT2D eigenvalue weighted by molar-refractivity contribution is 9.10. The van der Waals surface area contributed by atoms with Gasteiger partial charge in [-0.05, 0) is 66.2 Å². The Morgan fingerprint density at radius 3 is 2.67 bits per heavy atom. The number of rotatable bonds is 7. The lowest BCUT2D eigenvalue weighted by Crippen LogP contribution is -2.22. The summed E-state index contributed by atoms with van der Waals surface area (Å²) in [6, 6.07) is 10.9. The van der Waals surface area contributed by atoms with Gasteiger partial charge in [-0.1, -0.05) is 13.0 Å². The van der Waals surface area contributed by atoms with E-state index < -0.39 is 0 Å². The van der Waals surface area contributed by atoms with E-state index in [2.05, 4.69) is 65.1 Å². The number of halogens is 1. The molecule has 0 aliphatic carbocycles. The van der Waals surface area contributed by atoms with E-state index in [1.54, 1.807) is 6.26 Å². The van der Waals surface area contributed by atoms with Crippen molar-refractivity contribution in [2.24, 2.45) is 0 Å². The van der Waals surface area contributed by atoms with Gasteiger partial charge in [0.25, 0.3) is 0 Å². The summed E-state index contributed by atoms with van der Waals surface area (Å²) in [7, 11) is 0. The minimum atomic E-state index is 0.362. The molecule has 0 aliphatic rings. The first-order chi connectivity index (χ1) is 10.2. The van der Waals surface area contributed by atoms with Gasteiger partial charge in [0.1, 0.15) is 5.76 Å². The van der Waals surface area contributed by atoms with Crippen LogP contribution < -0.4 is 10.2 Å². The number of hydrogen-bond donors (Lipinski definition) is 1. The van der Waals surface area contributed by atoms with Crippen LogP contribution in [0.5, 0.6) is 0 Å². The van der Waals surface area contributed by atoms with E-state index in [1.165, 1.54) is 11.3 Å². The quantitative estimate of drug-likeness (QED) is 0.781. The third kappa shape index (κ3) is 4.11. The van der Waals surface area contributed by atoms with Gasteiger partial charge in [-0.2, -0.15) is 0 Å². The van der Waals surface area contributed by atoms with Crippen molar-refractivity contribution in [3.63, 3.8) is 0 Å². The van der Waals surface area contributed by atoms with Gasteiger partial charge in [-0.25, -0.2) is 0 Å². The number of furan rings is 1. The lowest BCUT2D eigenvalue weighted by Gasteiger charge is -2.24. The molecule has 1 unspecified atom stereocenters. The highest BCUT2D eigenvalue weighted by Crippen LogP contribution is 2.30. The van der Waals surface area contributed by atoms with E-state index in [1.807, 2.05) is 12.1 Å². The molecule has 1 heterocycles. The van der Waals surface area contributed by atoms with Gasteiger partial charge in [0.05, 0.1) is 18.5 Å². The van der Waals surface area contributed by atoms with Gasteiger partial charge in [-0.15, -0.1) is 0 Å². The summed E-state index contributed by atoms with van der Waals surface area (Å²) in [5, 5.41) is 3.44. The highest BCUT2D eigenvalue weighted by atomic mass is 79.9. The molecular weight excluding hydrogens is 328 g/mol. The van der Waals surface area contributed by atoms with Crippen molar-refractivity contribution >= 4 is 21.6 Å². The summed E-state index contributed by atoms with van der Waals surface area (Å²) in [5.74, 6) is 0.980. The maximum absolute atomic E-state index is 5.45. The van der Waals surface area contributed by atoms with Crippen LogP contribution in [0.2, 0.25) is 0 Å². The predicted molar refractivity (Wildman–Crippen MR) is 91.7 cm³/mol. The van der Waals surface area contributed by atoms with Crippen LogP contribution in [0.15, 0.2) is 45.5 Å². The zero-order valence-electron chi connectivity index (χ0n) is 12.9. The number of hydrogen-bond acceptors (Lipinski definition) is 3. The average molecular weight is 351 g/mol. The molecule has 1 aromatic carbocycles. The van der Waals surface area contributed by atoms with Crippen LogP contribution in [0.25, 0.3) is 0 Å². The molecule has 114 valence electrons. The molecule has 21 heavy (non-hydrogen) atoms. The second-order valence-electron chi connectivity index (χ2n) is 5.08. The highest BCUT2D eigenvalue weighted by Gasteiger charge is 2.13. The van der Waals surface area contributed by atoms with Gasteiger partial charge in [0.15, 0.2) is 0 Å². The van der Waals surface area contributed by atoms with Crippen LogP contribution in [-0.2, 0) is 6.54 Å². The summed E-state index contributed by atoms with van der Waals surface area (Å²) < 4.78 is 6.58. The minimum Gasteiger partial charge on any atom is -0.467 e. The Labute approximate surface area is 135 Å². The fourth-order valence-corrected chi connectivity index (χ4v) is 3.08. The molecule has 1 N–H and O–H groups in total. The van der Waals surface area contributed by atoms with Gasteiger partial charge in [0.2, 0.25) is 0 Å². The monoisotopic (exact) mass is 350 g/mol. The minimum absolute atomic E-state index is 0.362. The molecule has 0 amide bonds. The van der Waals surface area contributed by atoms with Gasteiger partial charge in [-0.3, -0.25) is 0 Å². The first-order valence-electron chi connectivity index (χ1n) is 7.45. The van der Waals surface area contributed by atoms with Crippen molar-refractivity contribution in [2.75, 3.05) is 18.0 Å². The predicted octanol–water partition coefficient (Wildman–Crippen LogP) is 4.74. The lowest BCUT2D eigenvalue weighted by atomic mass is 10.1. The van der Waals surface area contributed by atoms with Gasteiger partial charge in [0, 0.05) is 17.1 Å². The van der Waals surface area contributed by atoms with Gasteiger partial charge >= 0.3 is 0 Å². The maximum Gasteiger partial charge on any atom is 0.123 e. The lowest BCUT2D eigenvalue weighted by molar-refractivity contribution is 0.503. The van der Waals surface area contributed by atoms with E-state index in [9.17, 15) is 0 Å². The van der Waals surface area contributed by atoms with Crippen molar-refractivity contribution in [2.45, 2.75) is 33.4 Å². The van der Waals surface area contributed by atoms with E-state index in [4.69, 9.17) is 4.42 Å². The summed E-state index contributed by atoms with van der Waals surface area (Å²) in [6.45, 7) is 9.16. The molecule has 4 heteroatoms. The Balaban J connectivity index is 2.18. The number of benzene rings is 1. The molecule has 0 fully saturated rings. The van der Waals surface area contributed by atoms with Crippen LogP contribution >= 0.6 is 15.9 Å². The molecule has 0 saturated heterocycles. The second kappa shape index (κ2) is 7.66. The Bertz CT molecular complexity index is 554. The molecule has 0 bridgehead atoms. The Hall–Kier alpha value is -1.26. The third-order valence-electron chi connectivity index (χ3n) is 3.63. The third-order valence-corrected chi connectivity index (χ3v) is 4.27. The molecule has 2 rings (SSSR count). The summed E-state index contributed by atoms with van der Waals surface area (Å²) in [5.41, 5.74) is 2.49. The van der Waals surface area contributed by atoms with Crippen molar-refractivity contribution in [3.05, 3.63) is 52.4 Å². The average Bonchev–Trinajstić information content (AvgIpc) is 2.98. The van der Waals surface area contributed by atoms with Crippen LogP contribution in [0, 0.1) is 0 Å². The number of anilines is 1. The summed E-state index contributed by atoms with van der Waals surface area (Å²) in [4.78, 5) is 2.30. The van der Waals surface area contributed by atoms with E-state index in [-0.39, 0.29) is 0 Å². The van der Waals surface area contributed by atoms with E-state index >= 15 is 0 Å². The molecule has 0 spiro atoms. The summed E-state index contributed by atoms with van der Waals surface area (Å²) in [6.07, 6.45) is 1.72. The fraction of sp³-hybridized carbons (Fsp3) is 0.412. The Kier molecular flexibility index (Phi) is 5.88. The van der Waals surface area contributed by atoms with Crippen molar-refractivity contribution in [3.8, 4) is 0 Å². The molecular formula is C17H23BrN2O. The zero-order chi connectivity index (χ0) is 15.2. The Morgan fingerprint density at radius 2 is 2.10 bits per heavy atom.